The van der Waals surface area contributed by atoms with E-state index in [1.54, 1.807) is 18.2 Å². The van der Waals surface area contributed by atoms with Gasteiger partial charge in [0.2, 0.25) is 11.1 Å². The van der Waals surface area contributed by atoms with Crippen molar-refractivity contribution in [3.05, 3.63) is 30.1 Å². The number of carbonyl (C=O) groups excluding carboxylic acids is 1. The molecule has 21 heavy (non-hydrogen) atoms. The molecule has 0 aliphatic heterocycles. The normalized spacial score (nSPS) is 11.4. The van der Waals surface area contributed by atoms with Gasteiger partial charge < -0.3 is 5.32 Å². The molecular formula is C14H17FN4OS. The Morgan fingerprint density at radius 2 is 2.10 bits per heavy atom. The zero-order valence-corrected chi connectivity index (χ0v) is 12.9. The number of benzene rings is 1. The summed E-state index contributed by atoms with van der Waals surface area (Å²) in [6, 6.07) is 6.32. The molecule has 0 saturated carbocycles. The predicted octanol–water partition coefficient (Wildman–Crippen LogP) is 2.62. The van der Waals surface area contributed by atoms with Crippen LogP contribution in [0.4, 0.5) is 4.39 Å². The number of aromatic nitrogens is 3. The molecule has 5 nitrogen and oxygen atoms in total. The van der Waals surface area contributed by atoms with Crippen LogP contribution in [0.2, 0.25) is 0 Å². The number of rotatable bonds is 4. The van der Waals surface area contributed by atoms with E-state index in [9.17, 15) is 9.18 Å². The van der Waals surface area contributed by atoms with Crippen molar-refractivity contribution in [1.82, 2.24) is 20.5 Å². The minimum Gasteiger partial charge on any atom is -0.351 e. The van der Waals surface area contributed by atoms with E-state index in [1.807, 2.05) is 20.8 Å². The summed E-state index contributed by atoms with van der Waals surface area (Å²) in [6.45, 7) is 5.75. The first-order valence-electron chi connectivity index (χ1n) is 6.46. The monoisotopic (exact) mass is 308 g/mol. The molecule has 0 spiro atoms. The minimum atomic E-state index is -0.365. The van der Waals surface area contributed by atoms with Crippen molar-refractivity contribution < 1.29 is 9.18 Å². The van der Waals surface area contributed by atoms with Crippen molar-refractivity contribution in [2.45, 2.75) is 31.5 Å². The Bertz CT molecular complexity index is 636. The van der Waals surface area contributed by atoms with Gasteiger partial charge in [-0.15, -0.1) is 5.10 Å². The molecule has 112 valence electrons. The Kier molecular flexibility index (Phi) is 4.62. The molecule has 0 unspecified atom stereocenters. The number of nitrogens with one attached hydrogen (secondary N) is 2. The van der Waals surface area contributed by atoms with E-state index in [2.05, 4.69) is 20.5 Å². The van der Waals surface area contributed by atoms with Crippen molar-refractivity contribution >= 4 is 17.7 Å². The van der Waals surface area contributed by atoms with Crippen molar-refractivity contribution in [3.63, 3.8) is 0 Å². The summed E-state index contributed by atoms with van der Waals surface area (Å²) in [6.07, 6.45) is 0. The van der Waals surface area contributed by atoms with Crippen molar-refractivity contribution in [3.8, 4) is 11.4 Å². The molecule has 2 aromatic rings. The van der Waals surface area contributed by atoms with Gasteiger partial charge in [0, 0.05) is 5.54 Å². The van der Waals surface area contributed by atoms with Gasteiger partial charge in [-0.25, -0.2) is 9.37 Å². The zero-order valence-electron chi connectivity index (χ0n) is 12.1. The van der Waals surface area contributed by atoms with Crippen molar-refractivity contribution in [2.75, 3.05) is 5.75 Å². The van der Waals surface area contributed by atoms with Crippen LogP contribution in [-0.4, -0.2) is 32.4 Å². The lowest BCUT2D eigenvalue weighted by Crippen LogP contribution is -2.41. The number of aromatic amines is 1. The van der Waals surface area contributed by atoms with Gasteiger partial charge in [0.15, 0.2) is 5.82 Å². The fourth-order valence-corrected chi connectivity index (χ4v) is 2.27. The second kappa shape index (κ2) is 6.26. The molecule has 2 N–H and O–H groups in total. The second-order valence-corrected chi connectivity index (χ2v) is 6.48. The Balaban J connectivity index is 1.98. The Hall–Kier alpha value is -1.89. The maximum absolute atomic E-state index is 13.6. The summed E-state index contributed by atoms with van der Waals surface area (Å²) in [5.41, 5.74) is 0.0885. The Morgan fingerprint density at radius 3 is 2.76 bits per heavy atom. The van der Waals surface area contributed by atoms with Gasteiger partial charge in [0.05, 0.1) is 11.3 Å². The van der Waals surface area contributed by atoms with E-state index in [1.165, 1.54) is 17.8 Å². The number of hydrogen-bond donors (Lipinski definition) is 2. The third kappa shape index (κ3) is 4.56. The molecule has 0 atom stereocenters. The van der Waals surface area contributed by atoms with Gasteiger partial charge in [-0.3, -0.25) is 9.89 Å². The van der Waals surface area contributed by atoms with E-state index in [0.29, 0.717) is 16.5 Å². The van der Waals surface area contributed by atoms with E-state index in [4.69, 9.17) is 0 Å². The summed E-state index contributed by atoms with van der Waals surface area (Å²) >= 11 is 1.20. The number of H-pyrrole nitrogens is 1. The first-order valence-corrected chi connectivity index (χ1v) is 7.45. The van der Waals surface area contributed by atoms with E-state index >= 15 is 0 Å². The lowest BCUT2D eigenvalue weighted by molar-refractivity contribution is -0.119. The predicted molar refractivity (Wildman–Crippen MR) is 80.4 cm³/mol. The molecule has 0 saturated heterocycles. The van der Waals surface area contributed by atoms with Crippen LogP contribution in [0, 0.1) is 5.82 Å². The number of carbonyl (C=O) groups is 1. The van der Waals surface area contributed by atoms with Gasteiger partial charge in [-0.05, 0) is 32.9 Å². The van der Waals surface area contributed by atoms with Gasteiger partial charge in [-0.1, -0.05) is 23.9 Å². The van der Waals surface area contributed by atoms with Gasteiger partial charge in [0.1, 0.15) is 5.82 Å². The molecule has 0 fully saturated rings. The summed E-state index contributed by atoms with van der Waals surface area (Å²) in [5, 5.41) is 9.93. The third-order valence-electron chi connectivity index (χ3n) is 2.44. The van der Waals surface area contributed by atoms with Crippen LogP contribution < -0.4 is 5.32 Å². The van der Waals surface area contributed by atoms with Crippen LogP contribution in [0.5, 0.6) is 0 Å². The topological polar surface area (TPSA) is 70.7 Å². The summed E-state index contributed by atoms with van der Waals surface area (Å²) in [4.78, 5) is 15.9. The summed E-state index contributed by atoms with van der Waals surface area (Å²) < 4.78 is 13.6. The fraction of sp³-hybridized carbons (Fsp3) is 0.357. The van der Waals surface area contributed by atoms with Gasteiger partial charge >= 0.3 is 0 Å². The molecule has 0 aliphatic carbocycles. The van der Waals surface area contributed by atoms with Crippen LogP contribution in [0.1, 0.15) is 20.8 Å². The number of amides is 1. The smallest absolute Gasteiger partial charge is 0.230 e. The SMILES string of the molecule is CC(C)(C)NC(=O)CSc1n[nH]c(-c2ccccc2F)n1. The average molecular weight is 308 g/mol. The largest absolute Gasteiger partial charge is 0.351 e. The quantitative estimate of drug-likeness (QED) is 0.852. The molecule has 1 aromatic heterocycles. The Morgan fingerprint density at radius 1 is 1.38 bits per heavy atom. The molecule has 1 amide bonds. The second-order valence-electron chi connectivity index (χ2n) is 5.53. The highest BCUT2D eigenvalue weighted by atomic mass is 32.2. The standard InChI is InChI=1S/C14H17FN4OS/c1-14(2,3)17-11(20)8-21-13-16-12(18-19-13)9-6-4-5-7-10(9)15/h4-7H,8H2,1-3H3,(H,17,20)(H,16,18,19). The van der Waals surface area contributed by atoms with Crippen LogP contribution >= 0.6 is 11.8 Å². The number of hydrogen-bond acceptors (Lipinski definition) is 4. The van der Waals surface area contributed by atoms with Crippen molar-refractivity contribution in [1.29, 1.82) is 0 Å². The number of nitrogens with zero attached hydrogens (tertiary/aromatic N) is 2. The van der Waals surface area contributed by atoms with E-state index < -0.39 is 0 Å². The lowest BCUT2D eigenvalue weighted by Gasteiger charge is -2.19. The molecule has 0 aliphatic rings. The highest BCUT2D eigenvalue weighted by molar-refractivity contribution is 7.99. The van der Waals surface area contributed by atoms with Crippen LogP contribution in [-0.2, 0) is 4.79 Å². The first kappa shape index (κ1) is 15.5. The van der Waals surface area contributed by atoms with Crippen LogP contribution in [0.15, 0.2) is 29.4 Å². The van der Waals surface area contributed by atoms with Crippen LogP contribution in [0.25, 0.3) is 11.4 Å². The van der Waals surface area contributed by atoms with Gasteiger partial charge in [0.25, 0.3) is 0 Å². The molecular weight excluding hydrogens is 291 g/mol. The summed E-state index contributed by atoms with van der Waals surface area (Å²) in [5.74, 6) is 0.110. The molecule has 2 rings (SSSR count). The molecule has 7 heteroatoms. The van der Waals surface area contributed by atoms with E-state index in [-0.39, 0.29) is 23.0 Å². The lowest BCUT2D eigenvalue weighted by atomic mass is 10.1. The zero-order chi connectivity index (χ0) is 15.5. The molecule has 1 heterocycles. The average Bonchev–Trinajstić information content (AvgIpc) is 2.83. The van der Waals surface area contributed by atoms with Gasteiger partial charge in [-0.2, -0.15) is 0 Å². The Labute approximate surface area is 126 Å². The first-order chi connectivity index (χ1) is 9.85. The maximum atomic E-state index is 13.6. The minimum absolute atomic E-state index is 0.0928. The highest BCUT2D eigenvalue weighted by Gasteiger charge is 2.15. The molecule has 0 bridgehead atoms. The molecule has 0 radical (unpaired) electrons. The summed E-state index contributed by atoms with van der Waals surface area (Å²) in [7, 11) is 0. The fourth-order valence-electron chi connectivity index (χ4n) is 1.67. The highest BCUT2D eigenvalue weighted by Crippen LogP contribution is 2.21. The van der Waals surface area contributed by atoms with Crippen molar-refractivity contribution in [2.24, 2.45) is 0 Å². The maximum Gasteiger partial charge on any atom is 0.230 e. The third-order valence-corrected chi connectivity index (χ3v) is 3.29. The van der Waals surface area contributed by atoms with Crippen LogP contribution in [0.3, 0.4) is 0 Å². The van der Waals surface area contributed by atoms with E-state index in [0.717, 1.165) is 0 Å². The number of thioether (sulfide) groups is 1. The number of halogens is 1. The molecule has 1 aromatic carbocycles.